The Morgan fingerprint density at radius 2 is 1.83 bits per heavy atom. The normalized spacial score (nSPS) is 30.4. The third-order valence-corrected chi connectivity index (χ3v) is 3.77. The Morgan fingerprint density at radius 1 is 1.12 bits per heavy atom. The molecule has 2 aromatic rings. The molecule has 5 N–H and O–H groups in total. The molecule has 12 heteroatoms. The maximum Gasteiger partial charge on any atom is 0.300 e. The third-order valence-electron chi connectivity index (χ3n) is 3.77. The second-order valence-electron chi connectivity index (χ2n) is 5.27. The van der Waals surface area contributed by atoms with Crippen molar-refractivity contribution in [1.29, 1.82) is 0 Å². The van der Waals surface area contributed by atoms with Gasteiger partial charge in [-0.25, -0.2) is 4.63 Å². The number of aliphatic hydroxyl groups is 4. The SMILES string of the molecule is O=[N+]([O-])c1ccc(NC[C@@H]2O[C@H](O)[C@H](O)[C@@H](O)[C@H]2O)c2nonc12. The number of fused-ring (bicyclic) bond motifs is 1. The average Bonchev–Trinajstić information content (AvgIpc) is 3.04. The number of aliphatic hydroxyl groups excluding tert-OH is 4. The molecule has 1 aliphatic heterocycles. The summed E-state index contributed by atoms with van der Waals surface area (Å²) in [4.78, 5) is 10.3. The van der Waals surface area contributed by atoms with Crippen molar-refractivity contribution in [2.24, 2.45) is 0 Å². The van der Waals surface area contributed by atoms with Crippen molar-refractivity contribution in [3.05, 3.63) is 22.2 Å². The van der Waals surface area contributed by atoms with Crippen LogP contribution < -0.4 is 5.32 Å². The van der Waals surface area contributed by atoms with Crippen LogP contribution in [0.2, 0.25) is 0 Å². The number of nitrogens with one attached hydrogen (secondary N) is 1. The lowest BCUT2D eigenvalue weighted by Crippen LogP contribution is -2.59. The molecule has 12 nitrogen and oxygen atoms in total. The Morgan fingerprint density at radius 3 is 2.54 bits per heavy atom. The van der Waals surface area contributed by atoms with Gasteiger partial charge in [-0.3, -0.25) is 10.1 Å². The van der Waals surface area contributed by atoms with Crippen LogP contribution in [0, 0.1) is 10.1 Å². The van der Waals surface area contributed by atoms with Gasteiger partial charge in [-0.15, -0.1) is 0 Å². The molecule has 0 radical (unpaired) electrons. The molecule has 0 saturated carbocycles. The van der Waals surface area contributed by atoms with E-state index in [0.29, 0.717) is 5.69 Å². The number of nitrogens with zero attached hydrogens (tertiary/aromatic N) is 3. The Balaban J connectivity index is 1.78. The van der Waals surface area contributed by atoms with Crippen LogP contribution in [-0.4, -0.2) is 72.9 Å². The summed E-state index contributed by atoms with van der Waals surface area (Å²) in [5.74, 6) is 0. The molecule has 5 atom stereocenters. The number of nitro benzene ring substituents is 1. The maximum atomic E-state index is 10.9. The van der Waals surface area contributed by atoms with E-state index in [1.807, 2.05) is 0 Å². The Bertz CT molecular complexity index is 752. The van der Waals surface area contributed by atoms with Gasteiger partial charge in [-0.05, 0) is 16.4 Å². The molecular weight excluding hydrogens is 328 g/mol. The van der Waals surface area contributed by atoms with Gasteiger partial charge < -0.3 is 30.5 Å². The molecule has 2 heterocycles. The lowest BCUT2D eigenvalue weighted by Gasteiger charge is -2.38. The Labute approximate surface area is 133 Å². The van der Waals surface area contributed by atoms with Crippen molar-refractivity contribution in [3.63, 3.8) is 0 Å². The van der Waals surface area contributed by atoms with Crippen molar-refractivity contribution in [1.82, 2.24) is 10.3 Å². The van der Waals surface area contributed by atoms with Crippen molar-refractivity contribution >= 4 is 22.4 Å². The van der Waals surface area contributed by atoms with Gasteiger partial charge in [0.25, 0.3) is 0 Å². The molecule has 0 unspecified atom stereocenters. The summed E-state index contributed by atoms with van der Waals surface area (Å²) in [6, 6.07) is 2.59. The minimum Gasteiger partial charge on any atom is -0.388 e. The number of non-ortho nitro benzene ring substituents is 1. The van der Waals surface area contributed by atoms with E-state index in [4.69, 9.17) is 4.74 Å². The van der Waals surface area contributed by atoms with Gasteiger partial charge in [0.1, 0.15) is 24.4 Å². The topological polar surface area (TPSA) is 184 Å². The average molecular weight is 342 g/mol. The quantitative estimate of drug-likeness (QED) is 0.316. The minimum atomic E-state index is -1.65. The number of rotatable bonds is 4. The van der Waals surface area contributed by atoms with E-state index < -0.39 is 35.6 Å². The third kappa shape index (κ3) is 2.76. The summed E-state index contributed by atoms with van der Waals surface area (Å²) in [5, 5.41) is 59.2. The molecule has 1 aromatic heterocycles. The predicted molar refractivity (Wildman–Crippen MR) is 75.8 cm³/mol. The van der Waals surface area contributed by atoms with Crippen LogP contribution in [0.3, 0.4) is 0 Å². The zero-order chi connectivity index (χ0) is 17.4. The Hall–Kier alpha value is -2.38. The van der Waals surface area contributed by atoms with Crippen molar-refractivity contribution < 1.29 is 34.7 Å². The van der Waals surface area contributed by atoms with Crippen LogP contribution in [-0.2, 0) is 4.74 Å². The van der Waals surface area contributed by atoms with Gasteiger partial charge in [-0.2, -0.15) is 0 Å². The summed E-state index contributed by atoms with van der Waals surface area (Å²) in [5.41, 5.74) is 0.101. The fourth-order valence-electron chi connectivity index (χ4n) is 2.45. The molecule has 1 fully saturated rings. The number of aromatic nitrogens is 2. The van der Waals surface area contributed by atoms with E-state index in [2.05, 4.69) is 20.3 Å². The lowest BCUT2D eigenvalue weighted by atomic mass is 9.99. The zero-order valence-electron chi connectivity index (χ0n) is 12.0. The van der Waals surface area contributed by atoms with Gasteiger partial charge in [0.05, 0.1) is 10.6 Å². The van der Waals surface area contributed by atoms with Crippen LogP contribution >= 0.6 is 0 Å². The lowest BCUT2D eigenvalue weighted by molar-refractivity contribution is -0.383. The van der Waals surface area contributed by atoms with Crippen LogP contribution in [0.15, 0.2) is 16.8 Å². The number of hydrogen-bond acceptors (Lipinski definition) is 11. The fraction of sp³-hybridized carbons (Fsp3) is 0.500. The highest BCUT2D eigenvalue weighted by Crippen LogP contribution is 2.29. The molecule has 0 spiro atoms. The van der Waals surface area contributed by atoms with Crippen molar-refractivity contribution in [2.45, 2.75) is 30.7 Å². The second-order valence-corrected chi connectivity index (χ2v) is 5.27. The number of anilines is 1. The zero-order valence-corrected chi connectivity index (χ0v) is 12.0. The first-order valence-electron chi connectivity index (χ1n) is 6.91. The van der Waals surface area contributed by atoms with Gasteiger partial charge >= 0.3 is 5.69 Å². The van der Waals surface area contributed by atoms with E-state index in [9.17, 15) is 30.5 Å². The molecule has 1 saturated heterocycles. The standard InChI is InChI=1S/C12H14N4O8/c17-9-6(23-12(20)11(19)10(9)18)3-13-4-1-2-5(16(21)22)8-7(4)14-24-15-8/h1-2,6,9-13,17-20H,3H2/t6-,9-,10-,11+,12-/m0/s1. The summed E-state index contributed by atoms with van der Waals surface area (Å²) >= 11 is 0. The first-order valence-corrected chi connectivity index (χ1v) is 6.91. The highest BCUT2D eigenvalue weighted by atomic mass is 16.6. The minimum absolute atomic E-state index is 0.0504. The molecule has 130 valence electrons. The highest BCUT2D eigenvalue weighted by molar-refractivity contribution is 5.93. The number of benzene rings is 1. The number of hydrogen-bond donors (Lipinski definition) is 5. The molecule has 0 bridgehead atoms. The summed E-state index contributed by atoms with van der Waals surface area (Å²) < 4.78 is 9.54. The molecule has 0 amide bonds. The molecule has 3 rings (SSSR count). The van der Waals surface area contributed by atoms with E-state index in [1.165, 1.54) is 12.1 Å². The van der Waals surface area contributed by atoms with Crippen LogP contribution in [0.5, 0.6) is 0 Å². The van der Waals surface area contributed by atoms with Gasteiger partial charge in [-0.1, -0.05) is 0 Å². The smallest absolute Gasteiger partial charge is 0.300 e. The molecule has 1 aromatic carbocycles. The molecular formula is C12H14N4O8. The molecule has 1 aliphatic rings. The van der Waals surface area contributed by atoms with E-state index in [1.54, 1.807) is 0 Å². The summed E-state index contributed by atoms with van der Waals surface area (Å²) in [7, 11) is 0. The van der Waals surface area contributed by atoms with E-state index in [-0.39, 0.29) is 23.3 Å². The van der Waals surface area contributed by atoms with Crippen LogP contribution in [0.1, 0.15) is 0 Å². The Kier molecular flexibility index (Phi) is 4.29. The highest BCUT2D eigenvalue weighted by Gasteiger charge is 2.42. The summed E-state index contributed by atoms with van der Waals surface area (Å²) in [6.07, 6.45) is -7.34. The van der Waals surface area contributed by atoms with Gasteiger partial charge in [0.2, 0.25) is 5.52 Å². The summed E-state index contributed by atoms with van der Waals surface area (Å²) in [6.45, 7) is -0.0816. The fourth-order valence-corrected chi connectivity index (χ4v) is 2.45. The maximum absolute atomic E-state index is 10.9. The molecule has 24 heavy (non-hydrogen) atoms. The van der Waals surface area contributed by atoms with Gasteiger partial charge in [0, 0.05) is 12.6 Å². The largest absolute Gasteiger partial charge is 0.388 e. The first kappa shape index (κ1) is 16.5. The predicted octanol–water partition coefficient (Wildman–Crippen LogP) is -1.66. The number of nitro groups is 1. The van der Waals surface area contributed by atoms with Crippen molar-refractivity contribution in [2.75, 3.05) is 11.9 Å². The first-order chi connectivity index (χ1) is 11.4. The van der Waals surface area contributed by atoms with Gasteiger partial charge in [0.15, 0.2) is 11.8 Å². The molecule has 0 aliphatic carbocycles. The second kappa shape index (κ2) is 6.26. The van der Waals surface area contributed by atoms with E-state index >= 15 is 0 Å². The number of ether oxygens (including phenoxy) is 1. The monoisotopic (exact) mass is 342 g/mol. The van der Waals surface area contributed by atoms with E-state index in [0.717, 1.165) is 0 Å². The van der Waals surface area contributed by atoms with Crippen LogP contribution in [0.4, 0.5) is 11.4 Å². The van der Waals surface area contributed by atoms with Crippen molar-refractivity contribution in [3.8, 4) is 0 Å². The van der Waals surface area contributed by atoms with Crippen LogP contribution in [0.25, 0.3) is 11.0 Å².